The maximum absolute atomic E-state index is 9.20. The van der Waals surface area contributed by atoms with E-state index >= 15 is 0 Å². The maximum atomic E-state index is 9.20. The Morgan fingerprint density at radius 1 is 1.53 bits per heavy atom. The number of aromatic nitrogens is 1. The van der Waals surface area contributed by atoms with Crippen LogP contribution in [0.3, 0.4) is 0 Å². The molecule has 0 saturated carbocycles. The van der Waals surface area contributed by atoms with Gasteiger partial charge in [0, 0.05) is 24.5 Å². The van der Waals surface area contributed by atoms with Gasteiger partial charge in [-0.15, -0.1) is 0 Å². The third-order valence-corrected chi connectivity index (χ3v) is 4.31. The molecule has 104 valence electrons. The number of nitrogens with one attached hydrogen (secondary N) is 1. The maximum Gasteiger partial charge on any atom is 0.101 e. The van der Waals surface area contributed by atoms with Gasteiger partial charge in [-0.2, -0.15) is 5.26 Å². The molecule has 1 aliphatic rings. The molecule has 0 aliphatic carbocycles. The molecule has 4 heteroatoms. The minimum atomic E-state index is 0.298. The first-order chi connectivity index (χ1) is 9.13. The average molecular weight is 261 g/mol. The summed E-state index contributed by atoms with van der Waals surface area (Å²) < 4.78 is 0. The normalized spacial score (nSPS) is 19.3. The Morgan fingerprint density at radius 2 is 2.21 bits per heavy atom. The molecular weight excluding hydrogens is 238 g/mol. The summed E-state index contributed by atoms with van der Waals surface area (Å²) in [5, 5.41) is 18.2. The highest BCUT2D eigenvalue weighted by molar-refractivity contribution is 5.35. The number of aliphatic hydroxyl groups excluding tert-OH is 1. The van der Waals surface area contributed by atoms with Crippen LogP contribution in [0.1, 0.15) is 36.7 Å². The van der Waals surface area contributed by atoms with Gasteiger partial charge in [0.15, 0.2) is 0 Å². The van der Waals surface area contributed by atoms with Crippen LogP contribution in [0.2, 0.25) is 0 Å². The van der Waals surface area contributed by atoms with E-state index in [4.69, 9.17) is 5.26 Å². The van der Waals surface area contributed by atoms with Crippen molar-refractivity contribution in [3.05, 3.63) is 23.0 Å². The Labute approximate surface area is 115 Å². The Hall–Kier alpha value is -1.31. The summed E-state index contributed by atoms with van der Waals surface area (Å²) in [6, 6.07) is 4.16. The van der Waals surface area contributed by atoms with E-state index in [1.54, 1.807) is 0 Å². The smallest absolute Gasteiger partial charge is 0.101 e. The Balaban J connectivity index is 1.87. The number of nitrogens with zero attached hydrogens (tertiary/aromatic N) is 2. The van der Waals surface area contributed by atoms with Gasteiger partial charge in [0.25, 0.3) is 0 Å². The predicted molar refractivity (Wildman–Crippen MR) is 74.5 cm³/mol. The van der Waals surface area contributed by atoms with Crippen molar-refractivity contribution in [2.75, 3.05) is 19.7 Å². The van der Waals surface area contributed by atoms with Crippen LogP contribution in [0.15, 0.2) is 6.07 Å². The number of aryl methyl sites for hydroxylation is 1. The van der Waals surface area contributed by atoms with Crippen molar-refractivity contribution in [1.82, 2.24) is 9.88 Å². The van der Waals surface area contributed by atoms with Crippen LogP contribution < -0.4 is 0 Å². The van der Waals surface area contributed by atoms with Crippen molar-refractivity contribution < 1.29 is 5.11 Å². The molecule has 19 heavy (non-hydrogen) atoms. The minimum absolute atomic E-state index is 0.298. The number of piperidine rings is 1. The number of aromatic amines is 1. The molecule has 0 radical (unpaired) electrons. The fourth-order valence-electron chi connectivity index (χ4n) is 2.90. The van der Waals surface area contributed by atoms with E-state index in [2.05, 4.69) is 22.9 Å². The van der Waals surface area contributed by atoms with Crippen molar-refractivity contribution in [2.45, 2.75) is 33.2 Å². The van der Waals surface area contributed by atoms with Crippen LogP contribution >= 0.6 is 0 Å². The number of hydrogen-bond acceptors (Lipinski definition) is 3. The first-order valence-corrected chi connectivity index (χ1v) is 7.05. The lowest BCUT2D eigenvalue weighted by Crippen LogP contribution is -2.35. The summed E-state index contributed by atoms with van der Waals surface area (Å²) in [5.74, 6) is 1.07. The van der Waals surface area contributed by atoms with Crippen molar-refractivity contribution in [1.29, 1.82) is 5.26 Å². The number of likely N-dealkylation sites (tertiary alicyclic amines) is 1. The molecule has 1 aromatic rings. The zero-order valence-electron chi connectivity index (χ0n) is 11.8. The molecule has 0 spiro atoms. The number of rotatable bonds is 4. The quantitative estimate of drug-likeness (QED) is 0.871. The third kappa shape index (κ3) is 3.37. The largest absolute Gasteiger partial charge is 0.396 e. The zero-order chi connectivity index (χ0) is 13.8. The van der Waals surface area contributed by atoms with Gasteiger partial charge in [0.1, 0.15) is 6.07 Å². The van der Waals surface area contributed by atoms with Gasteiger partial charge >= 0.3 is 0 Å². The van der Waals surface area contributed by atoms with Gasteiger partial charge in [0.05, 0.1) is 5.56 Å². The van der Waals surface area contributed by atoms with Crippen molar-refractivity contribution in [2.24, 2.45) is 11.8 Å². The lowest BCUT2D eigenvalue weighted by molar-refractivity contribution is 0.111. The molecule has 2 heterocycles. The summed E-state index contributed by atoms with van der Waals surface area (Å²) in [4.78, 5) is 5.71. The van der Waals surface area contributed by atoms with Gasteiger partial charge in [-0.1, -0.05) is 6.92 Å². The highest BCUT2D eigenvalue weighted by Gasteiger charge is 2.23. The molecule has 4 nitrogen and oxygen atoms in total. The summed E-state index contributed by atoms with van der Waals surface area (Å²) >= 11 is 0. The predicted octanol–water partition coefficient (Wildman–Crippen LogP) is 2.04. The second-order valence-electron chi connectivity index (χ2n) is 5.72. The summed E-state index contributed by atoms with van der Waals surface area (Å²) in [7, 11) is 0. The van der Waals surface area contributed by atoms with Gasteiger partial charge < -0.3 is 10.1 Å². The second kappa shape index (κ2) is 6.23. The van der Waals surface area contributed by atoms with Gasteiger partial charge in [0.2, 0.25) is 0 Å². The Morgan fingerprint density at radius 3 is 2.74 bits per heavy atom. The molecule has 1 aromatic heterocycles. The molecule has 0 unspecified atom stereocenters. The van der Waals surface area contributed by atoms with E-state index in [0.717, 1.165) is 49.4 Å². The van der Waals surface area contributed by atoms with E-state index in [0.29, 0.717) is 18.4 Å². The van der Waals surface area contributed by atoms with Crippen LogP contribution in [-0.2, 0) is 6.54 Å². The average Bonchev–Trinajstić information content (AvgIpc) is 2.78. The molecule has 2 N–H and O–H groups in total. The molecule has 1 atom stereocenters. The van der Waals surface area contributed by atoms with Gasteiger partial charge in [-0.05, 0) is 50.8 Å². The molecule has 1 saturated heterocycles. The van der Waals surface area contributed by atoms with Crippen LogP contribution in [0.5, 0.6) is 0 Å². The van der Waals surface area contributed by atoms with E-state index < -0.39 is 0 Å². The zero-order valence-corrected chi connectivity index (χ0v) is 11.8. The number of nitriles is 1. The molecule has 0 amide bonds. The van der Waals surface area contributed by atoms with Crippen LogP contribution in [0, 0.1) is 30.1 Å². The minimum Gasteiger partial charge on any atom is -0.396 e. The summed E-state index contributed by atoms with van der Waals surface area (Å²) in [5.41, 5.74) is 2.84. The molecular formula is C15H23N3O. The molecule has 1 fully saturated rings. The summed E-state index contributed by atoms with van der Waals surface area (Å²) in [6.07, 6.45) is 2.32. The molecule has 0 aromatic carbocycles. The topological polar surface area (TPSA) is 63.1 Å². The van der Waals surface area contributed by atoms with Crippen LogP contribution in [0.4, 0.5) is 0 Å². The molecule has 0 bridgehead atoms. The lowest BCUT2D eigenvalue weighted by Gasteiger charge is -2.34. The van der Waals surface area contributed by atoms with E-state index in [-0.39, 0.29) is 0 Å². The molecule has 1 aliphatic heterocycles. The lowest BCUT2D eigenvalue weighted by atomic mass is 9.86. The second-order valence-corrected chi connectivity index (χ2v) is 5.72. The van der Waals surface area contributed by atoms with E-state index in [1.807, 2.05) is 13.0 Å². The number of aliphatic hydroxyl groups is 1. The highest BCUT2D eigenvalue weighted by Crippen LogP contribution is 2.25. The van der Waals surface area contributed by atoms with Crippen molar-refractivity contribution >= 4 is 0 Å². The number of hydrogen-bond donors (Lipinski definition) is 2. The van der Waals surface area contributed by atoms with Crippen LogP contribution in [-0.4, -0.2) is 34.7 Å². The van der Waals surface area contributed by atoms with Crippen molar-refractivity contribution in [3.63, 3.8) is 0 Å². The first kappa shape index (κ1) is 14.1. The number of H-pyrrole nitrogens is 1. The standard InChI is InChI=1S/C15H23N3O/c1-11(10-19)13-3-5-18(6-4-13)9-15-7-14(8-16)12(2)17-15/h7,11,13,17,19H,3-6,9-10H2,1-2H3/t11-/m1/s1. The van der Waals surface area contributed by atoms with Gasteiger partial charge in [-0.3, -0.25) is 4.90 Å². The first-order valence-electron chi connectivity index (χ1n) is 7.05. The fourth-order valence-corrected chi connectivity index (χ4v) is 2.90. The monoisotopic (exact) mass is 261 g/mol. The highest BCUT2D eigenvalue weighted by atomic mass is 16.3. The Bertz CT molecular complexity index is 452. The van der Waals surface area contributed by atoms with Crippen molar-refractivity contribution in [3.8, 4) is 6.07 Å². The summed E-state index contributed by atoms with van der Waals surface area (Å²) in [6.45, 7) is 7.42. The molecule has 2 rings (SSSR count). The third-order valence-electron chi connectivity index (χ3n) is 4.31. The Kier molecular flexibility index (Phi) is 4.62. The SMILES string of the molecule is Cc1[nH]c(CN2CCC([C@H](C)CO)CC2)cc1C#N. The van der Waals surface area contributed by atoms with E-state index in [1.165, 1.54) is 0 Å². The van der Waals surface area contributed by atoms with Gasteiger partial charge in [-0.25, -0.2) is 0 Å². The fraction of sp³-hybridized carbons (Fsp3) is 0.667. The van der Waals surface area contributed by atoms with Crippen LogP contribution in [0.25, 0.3) is 0 Å². The van der Waals surface area contributed by atoms with E-state index in [9.17, 15) is 5.11 Å².